The van der Waals surface area contributed by atoms with Crippen LogP contribution >= 0.6 is 0 Å². The van der Waals surface area contributed by atoms with Crippen LogP contribution in [0.2, 0.25) is 0 Å². The molecule has 1 aromatic carbocycles. The van der Waals surface area contributed by atoms with Crippen molar-refractivity contribution in [2.75, 3.05) is 6.54 Å². The highest BCUT2D eigenvalue weighted by Gasteiger charge is 2.30. The van der Waals surface area contributed by atoms with Gasteiger partial charge in [-0.15, -0.1) is 0 Å². The number of nitrogens with one attached hydrogen (secondary N) is 2. The predicted molar refractivity (Wildman–Crippen MR) is 80.2 cm³/mol. The molecule has 0 aromatic heterocycles. The lowest BCUT2D eigenvalue weighted by Gasteiger charge is -2.25. The van der Waals surface area contributed by atoms with E-state index in [-0.39, 0.29) is 18.1 Å². The number of amides is 2. The molecule has 1 fully saturated rings. The lowest BCUT2D eigenvalue weighted by atomic mass is 9.99. The zero-order chi connectivity index (χ0) is 15.3. The van der Waals surface area contributed by atoms with Gasteiger partial charge < -0.3 is 15.7 Å². The first-order valence-electron chi connectivity index (χ1n) is 7.34. The molecule has 1 saturated carbocycles. The highest BCUT2D eigenvalue weighted by atomic mass is 16.4. The molecule has 114 valence electrons. The van der Waals surface area contributed by atoms with Gasteiger partial charge in [0.15, 0.2) is 0 Å². The minimum atomic E-state index is -0.937. The quantitative estimate of drug-likeness (QED) is 0.779. The van der Waals surface area contributed by atoms with Gasteiger partial charge in [0.2, 0.25) is 0 Å². The summed E-state index contributed by atoms with van der Waals surface area (Å²) in [5.74, 6) is -1.66. The fraction of sp³-hybridized carbons (Fsp3) is 0.500. The largest absolute Gasteiger partial charge is 0.481 e. The standard InChI is InChI=1S/C16H22N2O3/c1-16(9-5-6-10-16)18-15(21)17-11-13(14(19)20)12-7-3-2-4-8-12/h2-4,7-8,13H,5-6,9-11H2,1H3,(H,19,20)(H2,17,18,21). The third-order valence-corrected chi connectivity index (χ3v) is 4.09. The third-order valence-electron chi connectivity index (χ3n) is 4.09. The first-order valence-corrected chi connectivity index (χ1v) is 7.34. The van der Waals surface area contributed by atoms with Gasteiger partial charge >= 0.3 is 12.0 Å². The number of hydrogen-bond acceptors (Lipinski definition) is 2. The number of carboxylic acids is 1. The van der Waals surface area contributed by atoms with Crippen molar-refractivity contribution in [3.63, 3.8) is 0 Å². The summed E-state index contributed by atoms with van der Waals surface area (Å²) in [7, 11) is 0. The van der Waals surface area contributed by atoms with Crippen molar-refractivity contribution < 1.29 is 14.7 Å². The van der Waals surface area contributed by atoms with E-state index in [0.29, 0.717) is 5.56 Å². The molecule has 3 N–H and O–H groups in total. The SMILES string of the molecule is CC1(NC(=O)NCC(C(=O)O)c2ccccc2)CCCC1. The molecule has 0 spiro atoms. The fourth-order valence-corrected chi connectivity index (χ4v) is 2.83. The molecule has 2 amide bonds. The molecular formula is C16H22N2O3. The van der Waals surface area contributed by atoms with Crippen LogP contribution in [0, 0.1) is 0 Å². The average Bonchev–Trinajstić information content (AvgIpc) is 2.86. The second-order valence-corrected chi connectivity index (χ2v) is 5.90. The predicted octanol–water partition coefficient (Wildman–Crippen LogP) is 2.49. The molecule has 5 heteroatoms. The Bertz CT molecular complexity index is 496. The lowest BCUT2D eigenvalue weighted by molar-refractivity contribution is -0.138. The van der Waals surface area contributed by atoms with Gasteiger partial charge in [-0.1, -0.05) is 43.2 Å². The zero-order valence-electron chi connectivity index (χ0n) is 12.3. The number of benzene rings is 1. The summed E-state index contributed by atoms with van der Waals surface area (Å²) < 4.78 is 0. The monoisotopic (exact) mass is 290 g/mol. The van der Waals surface area contributed by atoms with Crippen LogP contribution in [0.4, 0.5) is 4.79 Å². The molecule has 0 aliphatic heterocycles. The summed E-state index contributed by atoms with van der Waals surface area (Å²) in [6.45, 7) is 2.12. The van der Waals surface area contributed by atoms with Gasteiger partial charge in [0.05, 0.1) is 5.92 Å². The summed E-state index contributed by atoms with van der Waals surface area (Å²) in [6, 6.07) is 8.66. The number of carboxylic acid groups (broad SMARTS) is 1. The summed E-state index contributed by atoms with van der Waals surface area (Å²) in [5, 5.41) is 14.9. The maximum absolute atomic E-state index is 11.9. The van der Waals surface area contributed by atoms with Gasteiger partial charge in [-0.2, -0.15) is 0 Å². The van der Waals surface area contributed by atoms with Crippen molar-refractivity contribution in [3.05, 3.63) is 35.9 Å². The van der Waals surface area contributed by atoms with Crippen molar-refractivity contribution >= 4 is 12.0 Å². The van der Waals surface area contributed by atoms with Crippen LogP contribution in [0.5, 0.6) is 0 Å². The van der Waals surface area contributed by atoms with E-state index in [1.807, 2.05) is 13.0 Å². The molecule has 5 nitrogen and oxygen atoms in total. The van der Waals surface area contributed by atoms with Crippen molar-refractivity contribution in [2.24, 2.45) is 0 Å². The van der Waals surface area contributed by atoms with Gasteiger partial charge in [-0.25, -0.2) is 4.79 Å². The van der Waals surface area contributed by atoms with Crippen molar-refractivity contribution in [3.8, 4) is 0 Å². The normalized spacial score (nSPS) is 18.0. The summed E-state index contributed by atoms with van der Waals surface area (Å²) in [6.07, 6.45) is 4.19. The molecule has 1 aliphatic carbocycles. The molecule has 1 aliphatic rings. The molecule has 1 aromatic rings. The minimum absolute atomic E-state index is 0.0846. The van der Waals surface area contributed by atoms with Crippen LogP contribution < -0.4 is 10.6 Å². The van der Waals surface area contributed by atoms with E-state index in [1.165, 1.54) is 0 Å². The van der Waals surface area contributed by atoms with E-state index in [1.54, 1.807) is 24.3 Å². The van der Waals surface area contributed by atoms with Gasteiger partial charge in [0, 0.05) is 12.1 Å². The number of hydrogen-bond donors (Lipinski definition) is 3. The number of urea groups is 1. The van der Waals surface area contributed by atoms with E-state index >= 15 is 0 Å². The Morgan fingerprint density at radius 2 is 1.86 bits per heavy atom. The van der Waals surface area contributed by atoms with Crippen LogP contribution in [0.25, 0.3) is 0 Å². The second kappa shape index (κ2) is 6.61. The molecule has 21 heavy (non-hydrogen) atoms. The molecular weight excluding hydrogens is 268 g/mol. The Balaban J connectivity index is 1.90. The fourth-order valence-electron chi connectivity index (χ4n) is 2.83. The molecule has 0 bridgehead atoms. The summed E-state index contributed by atoms with van der Waals surface area (Å²) in [5.41, 5.74) is 0.535. The van der Waals surface area contributed by atoms with Gasteiger partial charge in [-0.05, 0) is 25.3 Å². The van der Waals surface area contributed by atoms with E-state index in [9.17, 15) is 14.7 Å². The first-order chi connectivity index (χ1) is 10.0. The Hall–Kier alpha value is -2.04. The molecule has 1 atom stereocenters. The smallest absolute Gasteiger partial charge is 0.315 e. The number of rotatable bonds is 5. The van der Waals surface area contributed by atoms with Crippen LogP contribution in [0.15, 0.2) is 30.3 Å². The van der Waals surface area contributed by atoms with Crippen molar-refractivity contribution in [1.82, 2.24) is 10.6 Å². The first kappa shape index (κ1) is 15.4. The molecule has 0 heterocycles. The van der Waals surface area contributed by atoms with Crippen molar-refractivity contribution in [2.45, 2.75) is 44.1 Å². The van der Waals surface area contributed by atoms with E-state index in [4.69, 9.17) is 0 Å². The van der Waals surface area contributed by atoms with Crippen LogP contribution in [-0.2, 0) is 4.79 Å². The lowest BCUT2D eigenvalue weighted by Crippen LogP contribution is -2.49. The molecule has 1 unspecified atom stereocenters. The van der Waals surface area contributed by atoms with Gasteiger partial charge in [0.25, 0.3) is 0 Å². The molecule has 2 rings (SSSR count). The van der Waals surface area contributed by atoms with Gasteiger partial charge in [-0.3, -0.25) is 4.79 Å². The Kier molecular flexibility index (Phi) is 4.83. The molecule has 0 saturated heterocycles. The molecule has 0 radical (unpaired) electrons. The van der Waals surface area contributed by atoms with Crippen LogP contribution in [-0.4, -0.2) is 29.2 Å². The Labute approximate surface area is 124 Å². The Morgan fingerprint density at radius 1 is 1.24 bits per heavy atom. The number of carbonyl (C=O) groups is 2. The summed E-state index contributed by atoms with van der Waals surface area (Å²) in [4.78, 5) is 23.3. The zero-order valence-corrected chi connectivity index (χ0v) is 12.3. The van der Waals surface area contributed by atoms with E-state index in [2.05, 4.69) is 10.6 Å². The minimum Gasteiger partial charge on any atom is -0.481 e. The van der Waals surface area contributed by atoms with Crippen LogP contribution in [0.3, 0.4) is 0 Å². The number of aliphatic carboxylic acids is 1. The van der Waals surface area contributed by atoms with Gasteiger partial charge in [0.1, 0.15) is 0 Å². The third kappa shape index (κ3) is 4.21. The van der Waals surface area contributed by atoms with E-state index in [0.717, 1.165) is 25.7 Å². The topological polar surface area (TPSA) is 78.4 Å². The number of carbonyl (C=O) groups excluding carboxylic acids is 1. The summed E-state index contributed by atoms with van der Waals surface area (Å²) >= 11 is 0. The highest BCUT2D eigenvalue weighted by Crippen LogP contribution is 2.28. The Morgan fingerprint density at radius 3 is 2.43 bits per heavy atom. The maximum atomic E-state index is 11.9. The van der Waals surface area contributed by atoms with E-state index < -0.39 is 11.9 Å². The highest BCUT2D eigenvalue weighted by molar-refractivity contribution is 5.79. The maximum Gasteiger partial charge on any atom is 0.315 e. The van der Waals surface area contributed by atoms with Crippen LogP contribution in [0.1, 0.15) is 44.1 Å². The average molecular weight is 290 g/mol. The second-order valence-electron chi connectivity index (χ2n) is 5.90. The van der Waals surface area contributed by atoms with Crippen molar-refractivity contribution in [1.29, 1.82) is 0 Å².